The van der Waals surface area contributed by atoms with E-state index in [1.807, 2.05) is 27.7 Å². The molecule has 0 fully saturated rings. The zero-order valence-electron chi connectivity index (χ0n) is 9.87. The van der Waals surface area contributed by atoms with E-state index >= 15 is 0 Å². The summed E-state index contributed by atoms with van der Waals surface area (Å²) in [6.45, 7) is 8.02. The first-order valence-electron chi connectivity index (χ1n) is 4.99. The van der Waals surface area contributed by atoms with E-state index in [0.29, 0.717) is 12.8 Å². The molecule has 0 bridgehead atoms. The van der Waals surface area contributed by atoms with Crippen LogP contribution in [-0.2, 0) is 10.1 Å². The van der Waals surface area contributed by atoms with Crippen LogP contribution in [0.25, 0.3) is 0 Å². The highest BCUT2D eigenvalue weighted by atomic mass is 32.2. The van der Waals surface area contributed by atoms with Crippen molar-refractivity contribution in [2.24, 2.45) is 0 Å². The Hall–Kier alpha value is -0.610. The summed E-state index contributed by atoms with van der Waals surface area (Å²) in [7, 11) is -3.82. The Labute approximate surface area is 92.6 Å². The minimum atomic E-state index is -3.82. The first kappa shape index (κ1) is 14.4. The molecule has 4 heteroatoms. The Kier molecular flexibility index (Phi) is 5.83. The van der Waals surface area contributed by atoms with Gasteiger partial charge in [-0.25, -0.2) is 0 Å². The predicted octanol–water partition coefficient (Wildman–Crippen LogP) is 2.96. The minimum absolute atomic E-state index is 0.166. The zero-order valence-corrected chi connectivity index (χ0v) is 10.7. The number of hydrogen-bond donors (Lipinski definition) is 1. The molecule has 0 aromatic carbocycles. The van der Waals surface area contributed by atoms with Gasteiger partial charge in [0, 0.05) is 0 Å². The Morgan fingerprint density at radius 3 is 2.07 bits per heavy atom. The fraction of sp³-hybridized carbons (Fsp3) is 0.636. The number of hydrogen-bond acceptors (Lipinski definition) is 2. The second-order valence-electron chi connectivity index (χ2n) is 4.14. The average molecular weight is 232 g/mol. The first-order valence-corrected chi connectivity index (χ1v) is 6.59. The molecule has 0 unspecified atom stereocenters. The van der Waals surface area contributed by atoms with Crippen molar-refractivity contribution >= 4 is 10.1 Å². The van der Waals surface area contributed by atoms with E-state index in [2.05, 4.69) is 6.08 Å². The maximum atomic E-state index is 10.5. The molecule has 0 spiro atoms. The molecule has 0 amide bonds. The smallest absolute Gasteiger partial charge is 0.264 e. The zero-order chi connectivity index (χ0) is 12.1. The van der Waals surface area contributed by atoms with Gasteiger partial charge in [0.05, 0.1) is 5.75 Å². The lowest BCUT2D eigenvalue weighted by atomic mass is 10.0. The van der Waals surface area contributed by atoms with Crippen LogP contribution in [0.15, 0.2) is 22.8 Å². The molecular formula is C11H20O3S. The van der Waals surface area contributed by atoms with E-state index in [4.69, 9.17) is 4.55 Å². The van der Waals surface area contributed by atoms with Crippen molar-refractivity contribution in [1.82, 2.24) is 0 Å². The lowest BCUT2D eigenvalue weighted by Gasteiger charge is -2.05. The number of rotatable bonds is 5. The third-order valence-corrected chi connectivity index (χ3v) is 2.76. The molecule has 0 aromatic rings. The van der Waals surface area contributed by atoms with Crippen LogP contribution >= 0.6 is 0 Å². The first-order chi connectivity index (χ1) is 6.72. The molecule has 0 atom stereocenters. The van der Waals surface area contributed by atoms with Gasteiger partial charge in [0.15, 0.2) is 0 Å². The van der Waals surface area contributed by atoms with Crippen LogP contribution in [0, 0.1) is 0 Å². The van der Waals surface area contributed by atoms with Gasteiger partial charge in [-0.2, -0.15) is 8.42 Å². The summed E-state index contributed by atoms with van der Waals surface area (Å²) in [5.41, 5.74) is 3.53. The molecular weight excluding hydrogens is 212 g/mol. The second-order valence-corrected chi connectivity index (χ2v) is 5.71. The molecule has 0 saturated heterocycles. The Balaban J connectivity index is 4.37. The lowest BCUT2D eigenvalue weighted by Crippen LogP contribution is -2.03. The monoisotopic (exact) mass is 232 g/mol. The van der Waals surface area contributed by atoms with Crippen molar-refractivity contribution in [2.75, 3.05) is 5.75 Å². The van der Waals surface area contributed by atoms with Gasteiger partial charge < -0.3 is 0 Å². The van der Waals surface area contributed by atoms with Crippen molar-refractivity contribution in [2.45, 2.75) is 40.5 Å². The van der Waals surface area contributed by atoms with Crippen molar-refractivity contribution in [3.8, 4) is 0 Å². The molecule has 0 aliphatic heterocycles. The standard InChI is InChI=1S/C11H20O3S/c1-9(2)8-11(10(3)4)6-5-7-15(12,13)14/h8H,5-7H2,1-4H3,(H,12,13,14). The third kappa shape index (κ3) is 8.39. The SMILES string of the molecule is CC(C)=CC(CCCS(=O)(=O)O)=C(C)C. The molecule has 0 heterocycles. The molecule has 3 nitrogen and oxygen atoms in total. The Morgan fingerprint density at radius 1 is 1.20 bits per heavy atom. The van der Waals surface area contributed by atoms with Crippen molar-refractivity contribution in [3.05, 3.63) is 22.8 Å². The fourth-order valence-electron chi connectivity index (χ4n) is 1.26. The van der Waals surface area contributed by atoms with Crippen LogP contribution in [0.5, 0.6) is 0 Å². The molecule has 1 N–H and O–H groups in total. The van der Waals surface area contributed by atoms with Gasteiger partial charge in [-0.1, -0.05) is 17.2 Å². The molecule has 88 valence electrons. The minimum Gasteiger partial charge on any atom is -0.286 e. The van der Waals surface area contributed by atoms with Crippen molar-refractivity contribution < 1.29 is 13.0 Å². The van der Waals surface area contributed by atoms with Crippen molar-refractivity contribution in [1.29, 1.82) is 0 Å². The van der Waals surface area contributed by atoms with Crippen LogP contribution in [0.2, 0.25) is 0 Å². The topological polar surface area (TPSA) is 54.4 Å². The average Bonchev–Trinajstić information content (AvgIpc) is 1.99. The molecule has 0 aliphatic rings. The van der Waals surface area contributed by atoms with Crippen LogP contribution in [0.1, 0.15) is 40.5 Å². The van der Waals surface area contributed by atoms with Gasteiger partial charge in [0.25, 0.3) is 10.1 Å². The van der Waals surface area contributed by atoms with E-state index < -0.39 is 10.1 Å². The fourth-order valence-corrected chi connectivity index (χ4v) is 1.77. The molecule has 0 aromatic heterocycles. The summed E-state index contributed by atoms with van der Waals surface area (Å²) in [4.78, 5) is 0. The summed E-state index contributed by atoms with van der Waals surface area (Å²) in [6.07, 6.45) is 3.20. The highest BCUT2D eigenvalue weighted by Crippen LogP contribution is 2.15. The molecule has 15 heavy (non-hydrogen) atoms. The van der Waals surface area contributed by atoms with Crippen LogP contribution in [0.3, 0.4) is 0 Å². The second kappa shape index (κ2) is 6.08. The van der Waals surface area contributed by atoms with Gasteiger partial charge in [-0.15, -0.1) is 0 Å². The third-order valence-electron chi connectivity index (χ3n) is 1.95. The van der Waals surface area contributed by atoms with E-state index in [1.54, 1.807) is 0 Å². The van der Waals surface area contributed by atoms with Gasteiger partial charge in [0.1, 0.15) is 0 Å². The van der Waals surface area contributed by atoms with Crippen LogP contribution in [0.4, 0.5) is 0 Å². The summed E-state index contributed by atoms with van der Waals surface area (Å²) < 4.78 is 29.6. The Morgan fingerprint density at radius 2 is 1.73 bits per heavy atom. The summed E-state index contributed by atoms with van der Waals surface area (Å²) in [5.74, 6) is -0.166. The van der Waals surface area contributed by atoms with E-state index in [1.165, 1.54) is 11.1 Å². The van der Waals surface area contributed by atoms with E-state index in [9.17, 15) is 8.42 Å². The molecule has 0 saturated carbocycles. The van der Waals surface area contributed by atoms with Gasteiger partial charge in [0.2, 0.25) is 0 Å². The van der Waals surface area contributed by atoms with Crippen molar-refractivity contribution in [3.63, 3.8) is 0 Å². The quantitative estimate of drug-likeness (QED) is 0.585. The summed E-state index contributed by atoms with van der Waals surface area (Å²) in [6, 6.07) is 0. The summed E-state index contributed by atoms with van der Waals surface area (Å²) in [5, 5.41) is 0. The summed E-state index contributed by atoms with van der Waals surface area (Å²) >= 11 is 0. The van der Waals surface area contributed by atoms with E-state index in [0.717, 1.165) is 5.57 Å². The maximum Gasteiger partial charge on any atom is 0.264 e. The van der Waals surface area contributed by atoms with Gasteiger partial charge in [-0.3, -0.25) is 4.55 Å². The van der Waals surface area contributed by atoms with Crippen LogP contribution in [-0.4, -0.2) is 18.7 Å². The van der Waals surface area contributed by atoms with Gasteiger partial charge in [-0.05, 0) is 46.1 Å². The van der Waals surface area contributed by atoms with Gasteiger partial charge >= 0.3 is 0 Å². The highest BCUT2D eigenvalue weighted by Gasteiger charge is 2.05. The van der Waals surface area contributed by atoms with Crippen LogP contribution < -0.4 is 0 Å². The molecule has 0 aliphatic carbocycles. The largest absolute Gasteiger partial charge is 0.286 e. The number of allylic oxidation sites excluding steroid dienone is 4. The van der Waals surface area contributed by atoms with E-state index in [-0.39, 0.29) is 5.75 Å². The normalized spacial score (nSPS) is 11.0. The predicted molar refractivity (Wildman–Crippen MR) is 63.5 cm³/mol. The lowest BCUT2D eigenvalue weighted by molar-refractivity contribution is 0.481. The molecule has 0 radical (unpaired) electrons. The molecule has 0 rings (SSSR count). The highest BCUT2D eigenvalue weighted by molar-refractivity contribution is 7.85. The maximum absolute atomic E-state index is 10.5. The Bertz CT molecular complexity index is 353.